The number of hydrogen-bond acceptors (Lipinski definition) is 6. The first-order chi connectivity index (χ1) is 12.5. The van der Waals surface area contributed by atoms with Crippen LogP contribution in [0.4, 0.5) is 4.79 Å². The maximum absolute atomic E-state index is 13.0. The van der Waals surface area contributed by atoms with E-state index in [2.05, 4.69) is 31.4 Å². The zero-order chi connectivity index (χ0) is 18.3. The fourth-order valence-corrected chi connectivity index (χ4v) is 4.17. The maximum Gasteiger partial charge on any atom is 0.325 e. The van der Waals surface area contributed by atoms with E-state index in [0.717, 1.165) is 14.2 Å². The molecule has 0 radical (unpaired) electrons. The highest BCUT2D eigenvalue weighted by molar-refractivity contribution is 9.10. The summed E-state index contributed by atoms with van der Waals surface area (Å²) in [4.78, 5) is 27.3. The van der Waals surface area contributed by atoms with Gasteiger partial charge in [-0.3, -0.25) is 9.69 Å². The third kappa shape index (κ3) is 2.73. The summed E-state index contributed by atoms with van der Waals surface area (Å²) in [5, 5.41) is 12.6. The summed E-state index contributed by atoms with van der Waals surface area (Å²) in [6.45, 7) is 1.60. The number of thiophene rings is 1. The van der Waals surface area contributed by atoms with E-state index in [4.69, 9.17) is 4.42 Å². The van der Waals surface area contributed by atoms with Crippen LogP contribution in [-0.2, 0) is 16.9 Å². The lowest BCUT2D eigenvalue weighted by atomic mass is 9.92. The van der Waals surface area contributed by atoms with Gasteiger partial charge < -0.3 is 9.73 Å². The van der Waals surface area contributed by atoms with Crippen molar-refractivity contribution in [3.05, 3.63) is 57.7 Å². The van der Waals surface area contributed by atoms with Crippen molar-refractivity contribution in [2.24, 2.45) is 0 Å². The van der Waals surface area contributed by atoms with Crippen LogP contribution in [0.2, 0.25) is 0 Å². The van der Waals surface area contributed by atoms with Crippen LogP contribution in [0.5, 0.6) is 0 Å². The van der Waals surface area contributed by atoms with Crippen molar-refractivity contribution in [1.82, 2.24) is 20.4 Å². The first kappa shape index (κ1) is 16.9. The van der Waals surface area contributed by atoms with E-state index in [1.807, 2.05) is 35.7 Å². The number of rotatable bonds is 4. The monoisotopic (exact) mass is 432 g/mol. The number of carbonyl (C=O) groups excluding carboxylic acids is 2. The van der Waals surface area contributed by atoms with Gasteiger partial charge >= 0.3 is 6.03 Å². The number of urea groups is 1. The molecule has 3 heterocycles. The van der Waals surface area contributed by atoms with Gasteiger partial charge in [-0.1, -0.05) is 40.2 Å². The normalized spacial score (nSPS) is 19.8. The Morgan fingerprint density at radius 3 is 2.77 bits per heavy atom. The van der Waals surface area contributed by atoms with Gasteiger partial charge in [0.1, 0.15) is 12.1 Å². The number of imide groups is 1. The Hall–Kier alpha value is -2.52. The molecule has 0 spiro atoms. The van der Waals surface area contributed by atoms with Crippen LogP contribution in [0.25, 0.3) is 10.8 Å². The fraction of sp³-hybridized carbons (Fsp3) is 0.176. The van der Waals surface area contributed by atoms with Crippen molar-refractivity contribution in [2.75, 3.05) is 0 Å². The second kappa shape index (κ2) is 6.33. The molecule has 1 aliphatic heterocycles. The van der Waals surface area contributed by atoms with Crippen LogP contribution in [0, 0.1) is 0 Å². The molecule has 132 valence electrons. The number of carbonyl (C=O) groups is 2. The van der Waals surface area contributed by atoms with E-state index in [0.29, 0.717) is 11.5 Å². The molecule has 1 aliphatic rings. The molecule has 0 saturated carbocycles. The maximum atomic E-state index is 13.0. The summed E-state index contributed by atoms with van der Waals surface area (Å²) in [6, 6.07) is 10.5. The molecule has 1 N–H and O–H groups in total. The highest BCUT2D eigenvalue weighted by Crippen LogP contribution is 2.34. The molecule has 1 atom stereocenters. The highest BCUT2D eigenvalue weighted by Gasteiger charge is 2.50. The third-order valence-corrected chi connectivity index (χ3v) is 5.73. The summed E-state index contributed by atoms with van der Waals surface area (Å²) in [5.41, 5.74) is -0.473. The number of benzene rings is 1. The van der Waals surface area contributed by atoms with Gasteiger partial charge in [-0.25, -0.2) is 4.79 Å². The van der Waals surface area contributed by atoms with E-state index in [9.17, 15) is 9.59 Å². The van der Waals surface area contributed by atoms with Crippen molar-refractivity contribution in [2.45, 2.75) is 19.0 Å². The quantitative estimate of drug-likeness (QED) is 0.636. The topological polar surface area (TPSA) is 88.3 Å². The Morgan fingerprint density at radius 2 is 2.04 bits per heavy atom. The summed E-state index contributed by atoms with van der Waals surface area (Å²) >= 11 is 4.91. The molecule has 3 aromatic rings. The Bertz CT molecular complexity index is 988. The second-order valence-corrected chi connectivity index (χ2v) is 7.71. The van der Waals surface area contributed by atoms with Crippen molar-refractivity contribution in [3.8, 4) is 10.8 Å². The molecule has 1 saturated heterocycles. The van der Waals surface area contributed by atoms with Crippen molar-refractivity contribution in [3.63, 3.8) is 0 Å². The lowest BCUT2D eigenvalue weighted by Crippen LogP contribution is -2.41. The first-order valence-electron chi connectivity index (χ1n) is 7.74. The zero-order valence-electron chi connectivity index (χ0n) is 13.6. The average Bonchev–Trinajstić information content (AvgIpc) is 3.33. The number of halogens is 1. The minimum Gasteiger partial charge on any atom is -0.418 e. The van der Waals surface area contributed by atoms with Gasteiger partial charge in [-0.05, 0) is 24.4 Å². The molecule has 1 aromatic carbocycles. The molecule has 0 unspecified atom stereocenters. The molecule has 0 aliphatic carbocycles. The number of aromatic nitrogens is 2. The molecule has 7 nitrogen and oxygen atoms in total. The smallest absolute Gasteiger partial charge is 0.325 e. The van der Waals surface area contributed by atoms with Gasteiger partial charge in [-0.2, -0.15) is 0 Å². The van der Waals surface area contributed by atoms with Crippen molar-refractivity contribution >= 4 is 39.2 Å². The van der Waals surface area contributed by atoms with E-state index < -0.39 is 11.6 Å². The Kier molecular flexibility index (Phi) is 4.12. The lowest BCUT2D eigenvalue weighted by molar-refractivity contribution is -0.131. The van der Waals surface area contributed by atoms with Gasteiger partial charge in [0.15, 0.2) is 0 Å². The zero-order valence-corrected chi connectivity index (χ0v) is 16.0. The minimum absolute atomic E-state index is 0.0803. The van der Waals surface area contributed by atoms with Crippen LogP contribution in [0.15, 0.2) is 50.7 Å². The van der Waals surface area contributed by atoms with Gasteiger partial charge in [-0.15, -0.1) is 21.5 Å². The van der Waals surface area contributed by atoms with Crippen LogP contribution in [0.1, 0.15) is 18.4 Å². The predicted molar refractivity (Wildman–Crippen MR) is 98.2 cm³/mol. The summed E-state index contributed by atoms with van der Waals surface area (Å²) in [6.07, 6.45) is 0. The lowest BCUT2D eigenvalue weighted by Gasteiger charge is -2.23. The largest absolute Gasteiger partial charge is 0.418 e. The predicted octanol–water partition coefficient (Wildman–Crippen LogP) is 3.53. The third-order valence-electron chi connectivity index (χ3n) is 4.18. The SMILES string of the molecule is C[C@]1(c2ccccc2Br)NC(=O)N(Cc2nnc(-c3cccs3)o2)C1=O. The minimum atomic E-state index is -1.16. The van der Waals surface area contributed by atoms with Crippen LogP contribution in [-0.4, -0.2) is 27.0 Å². The molecule has 4 rings (SSSR count). The van der Waals surface area contributed by atoms with Crippen molar-refractivity contribution in [1.29, 1.82) is 0 Å². The second-order valence-electron chi connectivity index (χ2n) is 5.90. The number of hydrogen-bond donors (Lipinski definition) is 1. The van der Waals surface area contributed by atoms with Gasteiger partial charge in [0.25, 0.3) is 11.8 Å². The molecule has 0 bridgehead atoms. The van der Waals surface area contributed by atoms with E-state index in [1.165, 1.54) is 11.3 Å². The van der Waals surface area contributed by atoms with Crippen LogP contribution < -0.4 is 5.32 Å². The summed E-state index contributed by atoms with van der Waals surface area (Å²) in [7, 11) is 0. The van der Waals surface area contributed by atoms with Crippen LogP contribution >= 0.6 is 27.3 Å². The van der Waals surface area contributed by atoms with E-state index in [-0.39, 0.29) is 18.3 Å². The van der Waals surface area contributed by atoms with E-state index in [1.54, 1.807) is 13.0 Å². The summed E-state index contributed by atoms with van der Waals surface area (Å²) < 4.78 is 6.34. The molecule has 2 aromatic heterocycles. The summed E-state index contributed by atoms with van der Waals surface area (Å²) in [5.74, 6) is 0.203. The molecule has 9 heteroatoms. The number of amides is 3. The Labute approximate surface area is 161 Å². The Morgan fingerprint density at radius 1 is 1.23 bits per heavy atom. The van der Waals surface area contributed by atoms with Gasteiger partial charge in [0, 0.05) is 10.0 Å². The van der Waals surface area contributed by atoms with E-state index >= 15 is 0 Å². The highest BCUT2D eigenvalue weighted by atomic mass is 79.9. The number of nitrogens with one attached hydrogen (secondary N) is 1. The molecule has 26 heavy (non-hydrogen) atoms. The molecular weight excluding hydrogens is 420 g/mol. The van der Waals surface area contributed by atoms with Gasteiger partial charge in [0.2, 0.25) is 5.89 Å². The van der Waals surface area contributed by atoms with Gasteiger partial charge in [0.05, 0.1) is 4.88 Å². The fourth-order valence-electron chi connectivity index (χ4n) is 2.84. The Balaban J connectivity index is 1.60. The number of nitrogens with zero attached hydrogens (tertiary/aromatic N) is 3. The first-order valence-corrected chi connectivity index (χ1v) is 9.41. The molecular formula is C17H13BrN4O3S. The van der Waals surface area contributed by atoms with Crippen LogP contribution in [0.3, 0.4) is 0 Å². The standard InChI is InChI=1S/C17H13BrN4O3S/c1-17(10-5-2-3-6-11(10)18)15(23)22(16(24)19-17)9-13-20-21-14(25-13)12-7-4-8-26-12/h2-8H,9H2,1H3,(H,19,24)/t17-/m1/s1. The average molecular weight is 433 g/mol. The molecule has 3 amide bonds. The van der Waals surface area contributed by atoms with Crippen molar-refractivity contribution < 1.29 is 14.0 Å². The molecule has 1 fully saturated rings.